The Morgan fingerprint density at radius 2 is 1.86 bits per heavy atom. The molecule has 0 saturated heterocycles. The number of methoxy groups -OCH3 is 2. The molecule has 3 aromatic rings. The highest BCUT2D eigenvalue weighted by Gasteiger charge is 2.30. The summed E-state index contributed by atoms with van der Waals surface area (Å²) in [5.41, 5.74) is 2.67. The van der Waals surface area contributed by atoms with Gasteiger partial charge in [0.05, 0.1) is 37.2 Å². The van der Waals surface area contributed by atoms with E-state index in [1.54, 1.807) is 43.5 Å². The molecule has 1 saturated carbocycles. The number of likely N-dealkylation sites (N-methyl/N-ethyl adjacent to an activating group) is 1. The van der Waals surface area contributed by atoms with E-state index in [4.69, 9.17) is 9.47 Å². The Morgan fingerprint density at radius 1 is 1.09 bits per heavy atom. The van der Waals surface area contributed by atoms with E-state index in [9.17, 15) is 18.0 Å². The van der Waals surface area contributed by atoms with Gasteiger partial charge in [-0.1, -0.05) is 12.0 Å². The molecule has 0 atom stereocenters. The number of carbonyl (C=O) groups excluding carboxylic acids is 1. The summed E-state index contributed by atoms with van der Waals surface area (Å²) in [6, 6.07) is 12.9. The van der Waals surface area contributed by atoms with Gasteiger partial charge in [-0.3, -0.25) is 4.79 Å². The highest BCUT2D eigenvalue weighted by Crippen LogP contribution is 2.33. The number of anilines is 2. The van der Waals surface area contributed by atoms with Gasteiger partial charge in [0.2, 0.25) is 0 Å². The minimum absolute atomic E-state index is 0.164. The number of benzene rings is 2. The molecule has 2 aromatic carbocycles. The number of ether oxygens (including phenoxy) is 2. The van der Waals surface area contributed by atoms with Crippen molar-refractivity contribution in [3.05, 3.63) is 53.7 Å². The molecule has 1 aliphatic rings. The van der Waals surface area contributed by atoms with Crippen LogP contribution >= 0.6 is 0 Å². The van der Waals surface area contributed by atoms with E-state index < -0.39 is 12.7 Å². The molecular weight excluding hydrogens is 571 g/mol. The molecule has 44 heavy (non-hydrogen) atoms. The molecule has 0 spiro atoms. The zero-order valence-corrected chi connectivity index (χ0v) is 25.8. The summed E-state index contributed by atoms with van der Waals surface area (Å²) >= 11 is 0. The second-order valence-corrected chi connectivity index (χ2v) is 11.0. The summed E-state index contributed by atoms with van der Waals surface area (Å²) in [6.45, 7) is 2.97. The molecule has 1 aliphatic carbocycles. The highest BCUT2D eigenvalue weighted by molar-refractivity contribution is 5.95. The SMILES string of the molecule is CCNC(=O)c1ccc(NCC#Cc2cc3c(N[C@H]4CC[C@@H](N(C)CCOC)CC4)cccc3n2CC(F)(F)F)c(OC)c1. The number of nitrogens with one attached hydrogen (secondary N) is 3. The van der Waals surface area contributed by atoms with Gasteiger partial charge in [-0.15, -0.1) is 0 Å². The van der Waals surface area contributed by atoms with Crippen LogP contribution in [0, 0.1) is 11.8 Å². The van der Waals surface area contributed by atoms with Crippen molar-refractivity contribution < 1.29 is 27.4 Å². The minimum atomic E-state index is -4.41. The first kappa shape index (κ1) is 33.0. The van der Waals surface area contributed by atoms with Crippen molar-refractivity contribution in [1.29, 1.82) is 0 Å². The first-order valence-electron chi connectivity index (χ1n) is 15.0. The number of aromatic nitrogens is 1. The quantitative estimate of drug-likeness (QED) is 0.227. The predicted molar refractivity (Wildman–Crippen MR) is 169 cm³/mol. The van der Waals surface area contributed by atoms with E-state index >= 15 is 0 Å². The summed E-state index contributed by atoms with van der Waals surface area (Å²) < 4.78 is 52.8. The lowest BCUT2D eigenvalue weighted by molar-refractivity contribution is -0.140. The van der Waals surface area contributed by atoms with Crippen LogP contribution in [0.15, 0.2) is 42.5 Å². The molecule has 1 heterocycles. The molecule has 1 aromatic heterocycles. The van der Waals surface area contributed by atoms with E-state index in [0.29, 0.717) is 41.7 Å². The Balaban J connectivity index is 1.50. The Kier molecular flexibility index (Phi) is 11.4. The predicted octanol–water partition coefficient (Wildman–Crippen LogP) is 5.73. The third-order valence-corrected chi connectivity index (χ3v) is 8.00. The average Bonchev–Trinajstić information content (AvgIpc) is 3.35. The maximum absolute atomic E-state index is 13.7. The van der Waals surface area contributed by atoms with Crippen molar-refractivity contribution in [3.8, 4) is 17.6 Å². The Labute approximate surface area is 257 Å². The second-order valence-electron chi connectivity index (χ2n) is 11.0. The van der Waals surface area contributed by atoms with Crippen LogP contribution in [0.2, 0.25) is 0 Å². The number of alkyl halides is 3. The van der Waals surface area contributed by atoms with Crippen LogP contribution in [-0.4, -0.2) is 81.1 Å². The number of carbonyl (C=O) groups is 1. The molecule has 1 amide bonds. The summed E-state index contributed by atoms with van der Waals surface area (Å²) in [7, 11) is 5.34. The Bertz CT molecular complexity index is 1470. The molecule has 4 rings (SSSR count). The Morgan fingerprint density at radius 3 is 2.55 bits per heavy atom. The van der Waals surface area contributed by atoms with Gasteiger partial charge in [0.1, 0.15) is 12.3 Å². The molecule has 0 aliphatic heterocycles. The van der Waals surface area contributed by atoms with Crippen molar-refractivity contribution >= 4 is 28.2 Å². The van der Waals surface area contributed by atoms with Crippen molar-refractivity contribution in [1.82, 2.24) is 14.8 Å². The van der Waals surface area contributed by atoms with Crippen LogP contribution in [0.1, 0.15) is 48.7 Å². The fourth-order valence-electron chi connectivity index (χ4n) is 5.68. The summed E-state index contributed by atoms with van der Waals surface area (Å²) in [6.07, 6.45) is -0.351. The van der Waals surface area contributed by atoms with Crippen LogP contribution in [0.5, 0.6) is 5.75 Å². The van der Waals surface area contributed by atoms with Gasteiger partial charge >= 0.3 is 6.18 Å². The lowest BCUT2D eigenvalue weighted by Gasteiger charge is -2.35. The first-order valence-corrected chi connectivity index (χ1v) is 15.0. The molecule has 0 unspecified atom stereocenters. The zero-order valence-electron chi connectivity index (χ0n) is 25.8. The maximum atomic E-state index is 13.7. The van der Waals surface area contributed by atoms with E-state index in [1.807, 2.05) is 13.0 Å². The fraction of sp³-hybridized carbons (Fsp3) is 0.485. The number of amides is 1. The van der Waals surface area contributed by atoms with Crippen LogP contribution in [0.4, 0.5) is 24.5 Å². The van der Waals surface area contributed by atoms with E-state index in [0.717, 1.165) is 43.3 Å². The first-order chi connectivity index (χ1) is 21.1. The standard InChI is InChI=1S/C33H42F3N5O3/c1-5-37-32(42)23-11-16-29(31(20-23)44-4)38-17-7-8-26-21-27-28(9-6-10-30(27)41(26)22-33(34,35)36)39-24-12-14-25(15-13-24)40(2)18-19-43-3/h6,9-11,16,20-21,24-25,38-39H,5,12-15,17-19,22H2,1-4H3,(H,37,42)/t24-,25+. The number of hydrogen-bond acceptors (Lipinski definition) is 6. The normalized spacial score (nSPS) is 16.8. The fourth-order valence-corrected chi connectivity index (χ4v) is 5.68. The van der Waals surface area contributed by atoms with Gasteiger partial charge in [0.25, 0.3) is 5.91 Å². The summed E-state index contributed by atoms with van der Waals surface area (Å²) in [4.78, 5) is 14.5. The van der Waals surface area contributed by atoms with Crippen LogP contribution in [0.3, 0.4) is 0 Å². The maximum Gasteiger partial charge on any atom is 0.406 e. The zero-order chi connectivity index (χ0) is 31.7. The van der Waals surface area contributed by atoms with Gasteiger partial charge in [-0.2, -0.15) is 13.2 Å². The molecule has 11 heteroatoms. The lowest BCUT2D eigenvalue weighted by atomic mass is 9.90. The number of nitrogens with zero attached hydrogens (tertiary/aromatic N) is 2. The van der Waals surface area contributed by atoms with Gasteiger partial charge in [0.15, 0.2) is 0 Å². The largest absolute Gasteiger partial charge is 0.495 e. The number of halogens is 3. The van der Waals surface area contributed by atoms with Crippen LogP contribution < -0.4 is 20.7 Å². The van der Waals surface area contributed by atoms with Crippen molar-refractivity contribution in [2.75, 3.05) is 58.1 Å². The number of rotatable bonds is 12. The van der Waals surface area contributed by atoms with Crippen LogP contribution in [-0.2, 0) is 11.3 Å². The van der Waals surface area contributed by atoms with Gasteiger partial charge in [-0.25, -0.2) is 0 Å². The van der Waals surface area contributed by atoms with Crippen LogP contribution in [0.25, 0.3) is 10.9 Å². The lowest BCUT2D eigenvalue weighted by Crippen LogP contribution is -2.39. The minimum Gasteiger partial charge on any atom is -0.495 e. The number of hydrogen-bond donors (Lipinski definition) is 3. The molecule has 1 fully saturated rings. The van der Waals surface area contributed by atoms with Gasteiger partial charge < -0.3 is 34.9 Å². The Hall–Kier alpha value is -3.88. The molecule has 8 nitrogen and oxygen atoms in total. The smallest absolute Gasteiger partial charge is 0.406 e. The number of fused-ring (bicyclic) bond motifs is 1. The topological polar surface area (TPSA) is 79.8 Å². The summed E-state index contributed by atoms with van der Waals surface area (Å²) in [5.74, 6) is 6.17. The third kappa shape index (κ3) is 8.61. The molecule has 0 bridgehead atoms. The highest BCUT2D eigenvalue weighted by atomic mass is 19.4. The molecular formula is C33H42F3N5O3. The van der Waals surface area contributed by atoms with Gasteiger partial charge in [0, 0.05) is 48.9 Å². The van der Waals surface area contributed by atoms with Gasteiger partial charge in [-0.05, 0) is 82.0 Å². The van der Waals surface area contributed by atoms with E-state index in [2.05, 4.69) is 39.7 Å². The third-order valence-electron chi connectivity index (χ3n) is 8.00. The second kappa shape index (κ2) is 15.2. The molecule has 3 N–H and O–H groups in total. The van der Waals surface area contributed by atoms with E-state index in [1.165, 1.54) is 11.7 Å². The molecule has 238 valence electrons. The monoisotopic (exact) mass is 613 g/mol. The molecule has 0 radical (unpaired) electrons. The van der Waals surface area contributed by atoms with E-state index in [-0.39, 0.29) is 24.2 Å². The summed E-state index contributed by atoms with van der Waals surface area (Å²) in [5, 5.41) is 10.2. The van der Waals surface area contributed by atoms with Crippen molar-refractivity contribution in [2.45, 2.75) is 57.4 Å². The van der Waals surface area contributed by atoms with Crippen molar-refractivity contribution in [3.63, 3.8) is 0 Å². The van der Waals surface area contributed by atoms with Crippen molar-refractivity contribution in [2.24, 2.45) is 0 Å². The average molecular weight is 614 g/mol.